The van der Waals surface area contributed by atoms with E-state index in [-0.39, 0.29) is 5.69 Å². The summed E-state index contributed by atoms with van der Waals surface area (Å²) in [6.45, 7) is 6.44. The van der Waals surface area contributed by atoms with Crippen molar-refractivity contribution in [2.75, 3.05) is 0 Å². The van der Waals surface area contributed by atoms with Crippen molar-refractivity contribution in [3.05, 3.63) is 28.7 Å². The largest absolute Gasteiger partial charge is 0.357 e. The van der Waals surface area contributed by atoms with Gasteiger partial charge in [0.2, 0.25) is 0 Å². The van der Waals surface area contributed by atoms with E-state index >= 15 is 0 Å². The van der Waals surface area contributed by atoms with Crippen molar-refractivity contribution in [2.45, 2.75) is 19.6 Å². The first-order valence-electron chi connectivity index (χ1n) is 4.87. The van der Waals surface area contributed by atoms with Crippen molar-refractivity contribution in [1.29, 1.82) is 0 Å². The topological polar surface area (TPSA) is 73.8 Å². The fourth-order valence-corrected chi connectivity index (χ4v) is 2.81. The van der Waals surface area contributed by atoms with E-state index < -0.39 is 13.2 Å². The van der Waals surface area contributed by atoms with E-state index in [1.54, 1.807) is 6.33 Å². The second kappa shape index (κ2) is 3.37. The van der Waals surface area contributed by atoms with Crippen molar-refractivity contribution in [2.24, 2.45) is 0 Å². The molecule has 0 saturated heterocycles. The molecule has 7 heteroatoms. The summed E-state index contributed by atoms with van der Waals surface area (Å²) in [4.78, 5) is 18.4. The Morgan fingerprint density at radius 2 is 2.06 bits per heavy atom. The van der Waals surface area contributed by atoms with E-state index in [0.29, 0.717) is 5.65 Å². The molecule has 2 aromatic rings. The van der Waals surface area contributed by atoms with Gasteiger partial charge in [0.1, 0.15) is 6.20 Å². The molecule has 0 unspecified atom stereocenters. The second-order valence-corrected chi connectivity index (χ2v) is 9.40. The molecule has 2 aromatic heterocycles. The van der Waals surface area contributed by atoms with Crippen LogP contribution in [0.1, 0.15) is 0 Å². The fourth-order valence-electron chi connectivity index (χ4n) is 1.52. The lowest BCUT2D eigenvalue weighted by Gasteiger charge is -2.18. The Kier molecular flexibility index (Phi) is 2.27. The minimum absolute atomic E-state index is 0.00694. The Balaban J connectivity index is 2.70. The summed E-state index contributed by atoms with van der Waals surface area (Å²) in [6, 6.07) is 1.54. The zero-order valence-electron chi connectivity index (χ0n) is 9.34. The van der Waals surface area contributed by atoms with Gasteiger partial charge in [-0.1, -0.05) is 19.6 Å². The average molecular weight is 236 g/mol. The number of nitrogens with zero attached hydrogens (tertiary/aromatic N) is 4. The van der Waals surface area contributed by atoms with Gasteiger partial charge in [0.15, 0.2) is 13.9 Å². The van der Waals surface area contributed by atoms with Crippen LogP contribution in [0.3, 0.4) is 0 Å². The molecule has 0 atom stereocenters. The summed E-state index contributed by atoms with van der Waals surface area (Å²) in [5.74, 6) is 0. The molecule has 0 amide bonds. The second-order valence-electron chi connectivity index (χ2n) is 4.58. The van der Waals surface area contributed by atoms with E-state index in [1.807, 2.05) is 4.23 Å². The van der Waals surface area contributed by atoms with Crippen LogP contribution in [0.15, 0.2) is 18.6 Å². The molecule has 0 N–H and O–H groups in total. The molecular formula is C9H12N4O2Si. The lowest BCUT2D eigenvalue weighted by Crippen LogP contribution is -2.31. The molecule has 0 aliphatic rings. The molecule has 0 spiro atoms. The number of pyridine rings is 1. The highest BCUT2D eigenvalue weighted by atomic mass is 28.3. The van der Waals surface area contributed by atoms with E-state index in [4.69, 9.17) is 0 Å². The predicted molar refractivity (Wildman–Crippen MR) is 62.9 cm³/mol. The summed E-state index contributed by atoms with van der Waals surface area (Å²) in [5.41, 5.74) is 1.31. The third-order valence-electron chi connectivity index (χ3n) is 2.32. The summed E-state index contributed by atoms with van der Waals surface area (Å²) in [7, 11) is -1.61. The maximum atomic E-state index is 10.7. The average Bonchev–Trinajstić information content (AvgIpc) is 2.58. The first-order chi connectivity index (χ1) is 7.39. The van der Waals surface area contributed by atoms with Crippen LogP contribution in [0.4, 0.5) is 5.69 Å². The number of imidazole rings is 1. The molecule has 0 aliphatic heterocycles. The SMILES string of the molecule is C[Si](C)(C)n1cnc2ncc([N+](=O)[O-])cc21. The zero-order valence-corrected chi connectivity index (χ0v) is 10.3. The van der Waals surface area contributed by atoms with Crippen LogP contribution >= 0.6 is 0 Å². The molecule has 0 aromatic carbocycles. The van der Waals surface area contributed by atoms with Crippen LogP contribution in [0.5, 0.6) is 0 Å². The van der Waals surface area contributed by atoms with Gasteiger partial charge in [-0.05, 0) is 0 Å². The van der Waals surface area contributed by atoms with Crippen LogP contribution in [-0.4, -0.2) is 27.4 Å². The van der Waals surface area contributed by atoms with Gasteiger partial charge in [0, 0.05) is 6.07 Å². The predicted octanol–water partition coefficient (Wildman–Crippen LogP) is 2.02. The maximum absolute atomic E-state index is 10.7. The van der Waals surface area contributed by atoms with E-state index in [9.17, 15) is 10.1 Å². The van der Waals surface area contributed by atoms with Crippen LogP contribution in [0.2, 0.25) is 19.6 Å². The molecule has 2 heterocycles. The Morgan fingerprint density at radius 3 is 2.62 bits per heavy atom. The number of hydrogen-bond donors (Lipinski definition) is 0. The van der Waals surface area contributed by atoms with E-state index in [1.165, 1.54) is 12.3 Å². The molecule has 84 valence electrons. The van der Waals surface area contributed by atoms with Crippen LogP contribution in [0.25, 0.3) is 11.2 Å². The van der Waals surface area contributed by atoms with E-state index in [2.05, 4.69) is 29.6 Å². The number of nitro groups is 1. The van der Waals surface area contributed by atoms with Gasteiger partial charge in [0.25, 0.3) is 5.69 Å². The van der Waals surface area contributed by atoms with Crippen molar-refractivity contribution in [1.82, 2.24) is 14.2 Å². The van der Waals surface area contributed by atoms with Gasteiger partial charge in [0.05, 0.1) is 16.8 Å². The van der Waals surface area contributed by atoms with Gasteiger partial charge >= 0.3 is 0 Å². The molecule has 0 saturated carbocycles. The Labute approximate surface area is 93.2 Å². The summed E-state index contributed by atoms with van der Waals surface area (Å²) in [6.07, 6.45) is 2.96. The highest BCUT2D eigenvalue weighted by Gasteiger charge is 2.20. The molecular weight excluding hydrogens is 224 g/mol. The number of aromatic nitrogens is 3. The molecule has 2 rings (SSSR count). The quantitative estimate of drug-likeness (QED) is 0.454. The smallest absolute Gasteiger partial charge is 0.289 e. The van der Waals surface area contributed by atoms with Crippen molar-refractivity contribution in [3.8, 4) is 0 Å². The van der Waals surface area contributed by atoms with Gasteiger partial charge in [-0.3, -0.25) is 10.1 Å². The summed E-state index contributed by atoms with van der Waals surface area (Å²) >= 11 is 0. The van der Waals surface area contributed by atoms with Gasteiger partial charge in [-0.15, -0.1) is 0 Å². The Morgan fingerprint density at radius 1 is 1.38 bits per heavy atom. The highest BCUT2D eigenvalue weighted by molar-refractivity contribution is 6.75. The maximum Gasteiger partial charge on any atom is 0.289 e. The van der Waals surface area contributed by atoms with Gasteiger partial charge in [-0.25, -0.2) is 9.97 Å². The zero-order chi connectivity index (χ0) is 11.9. The van der Waals surface area contributed by atoms with Crippen molar-refractivity contribution < 1.29 is 4.92 Å². The first-order valence-corrected chi connectivity index (χ1v) is 8.32. The first kappa shape index (κ1) is 10.7. The van der Waals surface area contributed by atoms with Crippen LogP contribution < -0.4 is 0 Å². The highest BCUT2D eigenvalue weighted by Crippen LogP contribution is 2.20. The lowest BCUT2D eigenvalue weighted by atomic mass is 10.4. The molecule has 0 fully saturated rings. The minimum atomic E-state index is -1.61. The monoisotopic (exact) mass is 236 g/mol. The Hall–Kier alpha value is -1.76. The van der Waals surface area contributed by atoms with Crippen LogP contribution in [0, 0.1) is 10.1 Å². The van der Waals surface area contributed by atoms with Gasteiger partial charge in [-0.2, -0.15) is 0 Å². The molecule has 16 heavy (non-hydrogen) atoms. The van der Waals surface area contributed by atoms with Crippen molar-refractivity contribution in [3.63, 3.8) is 0 Å². The number of hydrogen-bond acceptors (Lipinski definition) is 4. The normalized spacial score (nSPS) is 11.9. The minimum Gasteiger partial charge on any atom is -0.357 e. The lowest BCUT2D eigenvalue weighted by molar-refractivity contribution is -0.385. The fraction of sp³-hybridized carbons (Fsp3) is 0.333. The molecule has 0 radical (unpaired) electrons. The Bertz CT molecular complexity index is 558. The summed E-state index contributed by atoms with van der Waals surface area (Å²) < 4.78 is 2.02. The molecule has 0 bridgehead atoms. The third kappa shape index (κ3) is 1.69. The molecule has 0 aliphatic carbocycles. The van der Waals surface area contributed by atoms with Gasteiger partial charge < -0.3 is 4.23 Å². The standard InChI is InChI=1S/C9H12N4O2Si/c1-16(2,3)12-6-11-9-8(12)4-7(5-10-9)13(14)15/h4-6H,1-3H3. The van der Waals surface area contributed by atoms with Crippen LogP contribution in [-0.2, 0) is 0 Å². The third-order valence-corrected chi connectivity index (χ3v) is 4.12. The number of rotatable bonds is 2. The van der Waals surface area contributed by atoms with Crippen molar-refractivity contribution >= 4 is 25.1 Å². The number of fused-ring (bicyclic) bond motifs is 1. The summed E-state index contributed by atoms with van der Waals surface area (Å²) in [5, 5.41) is 10.7. The van der Waals surface area contributed by atoms with E-state index in [0.717, 1.165) is 5.52 Å². The molecule has 6 nitrogen and oxygen atoms in total.